The van der Waals surface area contributed by atoms with E-state index >= 15 is 0 Å². The summed E-state index contributed by atoms with van der Waals surface area (Å²) in [5.41, 5.74) is 1.25. The van der Waals surface area contributed by atoms with Crippen LogP contribution in [0, 0.1) is 0 Å². The molecule has 0 spiro atoms. The van der Waals surface area contributed by atoms with Gasteiger partial charge in [-0.2, -0.15) is 0 Å². The lowest BCUT2D eigenvalue weighted by molar-refractivity contribution is 0.199. The van der Waals surface area contributed by atoms with Crippen LogP contribution in [0.2, 0.25) is 0 Å². The highest BCUT2D eigenvalue weighted by Gasteiger charge is 2.10. The molecule has 0 aliphatic carbocycles. The van der Waals surface area contributed by atoms with Gasteiger partial charge in [-0.3, -0.25) is 4.90 Å². The molecule has 112 valence electrons. The molecule has 1 aliphatic rings. The molecule has 1 aromatic rings. The van der Waals surface area contributed by atoms with E-state index in [-0.39, 0.29) is 0 Å². The zero-order valence-electron chi connectivity index (χ0n) is 12.4. The van der Waals surface area contributed by atoms with E-state index in [1.54, 1.807) is 7.11 Å². The fraction of sp³-hybridized carbons (Fsp3) is 0.625. The van der Waals surface area contributed by atoms with E-state index in [2.05, 4.69) is 28.4 Å². The number of nitrogens with zero attached hydrogens (tertiary/aromatic N) is 1. The van der Waals surface area contributed by atoms with Crippen LogP contribution in [-0.4, -0.2) is 51.4 Å². The molecule has 4 nitrogen and oxygen atoms in total. The van der Waals surface area contributed by atoms with Crippen molar-refractivity contribution in [3.8, 4) is 5.75 Å². The molecule has 1 N–H and O–H groups in total. The Bertz CT molecular complexity index is 378. The fourth-order valence-corrected chi connectivity index (χ4v) is 2.45. The first-order chi connectivity index (χ1) is 9.88. The van der Waals surface area contributed by atoms with Gasteiger partial charge in [-0.25, -0.2) is 0 Å². The highest BCUT2D eigenvalue weighted by molar-refractivity contribution is 5.28. The van der Waals surface area contributed by atoms with Crippen molar-refractivity contribution in [1.29, 1.82) is 0 Å². The number of rotatable bonds is 9. The quantitative estimate of drug-likeness (QED) is 0.700. The first kappa shape index (κ1) is 15.3. The lowest BCUT2D eigenvalue weighted by Gasteiger charge is -2.15. The second kappa shape index (κ2) is 8.95. The molecule has 0 unspecified atom stereocenters. The molecule has 0 atom stereocenters. The molecule has 1 aromatic carbocycles. The molecule has 1 heterocycles. The predicted molar refractivity (Wildman–Crippen MR) is 81.2 cm³/mol. The van der Waals surface area contributed by atoms with E-state index in [4.69, 9.17) is 9.47 Å². The molecule has 20 heavy (non-hydrogen) atoms. The van der Waals surface area contributed by atoms with Crippen molar-refractivity contribution < 1.29 is 9.47 Å². The molecule has 4 heteroatoms. The number of methoxy groups -OCH3 is 1. The van der Waals surface area contributed by atoms with Gasteiger partial charge >= 0.3 is 0 Å². The molecule has 0 bridgehead atoms. The Balaban J connectivity index is 1.68. The molecule has 0 radical (unpaired) electrons. The number of benzene rings is 1. The van der Waals surface area contributed by atoms with Crippen LogP contribution in [0.15, 0.2) is 24.3 Å². The van der Waals surface area contributed by atoms with Crippen LogP contribution in [0.4, 0.5) is 0 Å². The maximum absolute atomic E-state index is 5.84. The van der Waals surface area contributed by atoms with Crippen LogP contribution < -0.4 is 10.1 Å². The normalized spacial score (nSPS) is 15.7. The van der Waals surface area contributed by atoms with Gasteiger partial charge in [0.25, 0.3) is 0 Å². The lowest BCUT2D eigenvalue weighted by Crippen LogP contribution is -2.25. The van der Waals surface area contributed by atoms with Crippen LogP contribution in [0.1, 0.15) is 18.4 Å². The minimum absolute atomic E-state index is 0.742. The van der Waals surface area contributed by atoms with Gasteiger partial charge in [0.2, 0.25) is 0 Å². The Morgan fingerprint density at radius 2 is 2.05 bits per heavy atom. The highest BCUT2D eigenvalue weighted by Crippen LogP contribution is 2.14. The zero-order valence-corrected chi connectivity index (χ0v) is 12.4. The van der Waals surface area contributed by atoms with Crippen molar-refractivity contribution in [1.82, 2.24) is 10.2 Å². The van der Waals surface area contributed by atoms with E-state index in [0.29, 0.717) is 0 Å². The number of hydrogen-bond acceptors (Lipinski definition) is 4. The Labute approximate surface area is 122 Å². The number of nitrogens with one attached hydrogen (secondary N) is 1. The minimum Gasteiger partial charge on any atom is -0.492 e. The summed E-state index contributed by atoms with van der Waals surface area (Å²) in [5.74, 6) is 0.968. The molecule has 0 saturated carbocycles. The summed E-state index contributed by atoms with van der Waals surface area (Å²) in [4.78, 5) is 2.47. The summed E-state index contributed by atoms with van der Waals surface area (Å²) < 4.78 is 10.9. The van der Waals surface area contributed by atoms with Gasteiger partial charge in [-0.1, -0.05) is 12.1 Å². The monoisotopic (exact) mass is 278 g/mol. The molecule has 1 aliphatic heterocycles. The third-order valence-electron chi connectivity index (χ3n) is 3.59. The van der Waals surface area contributed by atoms with E-state index < -0.39 is 0 Å². The van der Waals surface area contributed by atoms with Gasteiger partial charge in [-0.05, 0) is 43.6 Å². The molecular formula is C16H26N2O2. The van der Waals surface area contributed by atoms with Crippen LogP contribution >= 0.6 is 0 Å². The van der Waals surface area contributed by atoms with Gasteiger partial charge in [0, 0.05) is 26.7 Å². The first-order valence-electron chi connectivity index (χ1n) is 7.52. The number of ether oxygens (including phenoxy) is 2. The van der Waals surface area contributed by atoms with Crippen molar-refractivity contribution in [2.75, 3.05) is 46.5 Å². The molecule has 1 saturated heterocycles. The van der Waals surface area contributed by atoms with Crippen LogP contribution in [0.3, 0.4) is 0 Å². The summed E-state index contributed by atoms with van der Waals surface area (Å²) in [6.45, 7) is 6.74. The van der Waals surface area contributed by atoms with Crippen molar-refractivity contribution >= 4 is 0 Å². The summed E-state index contributed by atoms with van der Waals surface area (Å²) in [5, 5.41) is 3.34. The van der Waals surface area contributed by atoms with Crippen molar-refractivity contribution in [2.24, 2.45) is 0 Å². The van der Waals surface area contributed by atoms with Crippen LogP contribution in [0.5, 0.6) is 5.75 Å². The Morgan fingerprint density at radius 3 is 2.85 bits per heavy atom. The largest absolute Gasteiger partial charge is 0.492 e. The molecule has 0 amide bonds. The van der Waals surface area contributed by atoms with E-state index in [9.17, 15) is 0 Å². The maximum Gasteiger partial charge on any atom is 0.119 e. The lowest BCUT2D eigenvalue weighted by atomic mass is 10.2. The van der Waals surface area contributed by atoms with E-state index in [1.807, 2.05) is 6.07 Å². The summed E-state index contributed by atoms with van der Waals surface area (Å²) in [7, 11) is 1.72. The van der Waals surface area contributed by atoms with Gasteiger partial charge in [0.05, 0.1) is 6.61 Å². The molecule has 0 aromatic heterocycles. The van der Waals surface area contributed by atoms with Crippen molar-refractivity contribution in [3.63, 3.8) is 0 Å². The van der Waals surface area contributed by atoms with Gasteiger partial charge in [-0.15, -0.1) is 0 Å². The molecular weight excluding hydrogens is 252 g/mol. The SMILES string of the molecule is COCCNCc1cccc(OCCN2CCCC2)c1. The second-order valence-electron chi connectivity index (χ2n) is 5.21. The predicted octanol–water partition coefficient (Wildman–Crippen LogP) is 1.90. The zero-order chi connectivity index (χ0) is 14.0. The third-order valence-corrected chi connectivity index (χ3v) is 3.59. The molecule has 1 fully saturated rings. The Kier molecular flexibility index (Phi) is 6.84. The topological polar surface area (TPSA) is 33.7 Å². The Morgan fingerprint density at radius 1 is 1.20 bits per heavy atom. The Hall–Kier alpha value is -1.10. The van der Waals surface area contributed by atoms with Gasteiger partial charge in [0.15, 0.2) is 0 Å². The van der Waals surface area contributed by atoms with Crippen LogP contribution in [-0.2, 0) is 11.3 Å². The summed E-state index contributed by atoms with van der Waals surface area (Å²) in [6.07, 6.45) is 2.67. The average Bonchev–Trinajstić information content (AvgIpc) is 2.97. The van der Waals surface area contributed by atoms with E-state index in [0.717, 1.165) is 38.6 Å². The van der Waals surface area contributed by atoms with E-state index in [1.165, 1.54) is 31.5 Å². The fourth-order valence-electron chi connectivity index (χ4n) is 2.45. The van der Waals surface area contributed by atoms with Gasteiger partial charge in [0.1, 0.15) is 12.4 Å². The third kappa shape index (κ3) is 5.49. The second-order valence-corrected chi connectivity index (χ2v) is 5.21. The van der Waals surface area contributed by atoms with Gasteiger partial charge < -0.3 is 14.8 Å². The standard InChI is InChI=1S/C16H26N2O2/c1-19-11-7-17-14-15-5-4-6-16(13-15)20-12-10-18-8-2-3-9-18/h4-6,13,17H,2-3,7-12,14H2,1H3. The smallest absolute Gasteiger partial charge is 0.119 e. The summed E-state index contributed by atoms with van der Waals surface area (Å²) >= 11 is 0. The molecule has 2 rings (SSSR count). The summed E-state index contributed by atoms with van der Waals surface area (Å²) in [6, 6.07) is 8.32. The number of hydrogen-bond donors (Lipinski definition) is 1. The van der Waals surface area contributed by atoms with Crippen molar-refractivity contribution in [2.45, 2.75) is 19.4 Å². The first-order valence-corrected chi connectivity index (χ1v) is 7.52. The number of likely N-dealkylation sites (tertiary alicyclic amines) is 1. The maximum atomic E-state index is 5.84. The minimum atomic E-state index is 0.742. The highest BCUT2D eigenvalue weighted by atomic mass is 16.5. The van der Waals surface area contributed by atoms with Crippen molar-refractivity contribution in [3.05, 3.63) is 29.8 Å². The van der Waals surface area contributed by atoms with Crippen LogP contribution in [0.25, 0.3) is 0 Å². The average molecular weight is 278 g/mol.